The molecule has 0 bridgehead atoms. The second kappa shape index (κ2) is 4.78. The summed E-state index contributed by atoms with van der Waals surface area (Å²) in [6.45, 7) is 7.51. The third kappa shape index (κ3) is 1.89. The summed E-state index contributed by atoms with van der Waals surface area (Å²) in [6.07, 6.45) is 4.77. The van der Waals surface area contributed by atoms with Gasteiger partial charge in [0.25, 0.3) is 0 Å². The molecular formula is C12H19N3O. The number of aromatic nitrogens is 2. The molecule has 2 rings (SSSR count). The van der Waals surface area contributed by atoms with E-state index in [9.17, 15) is 4.79 Å². The van der Waals surface area contributed by atoms with Crippen molar-refractivity contribution in [3.63, 3.8) is 0 Å². The molecule has 0 radical (unpaired) electrons. The minimum absolute atomic E-state index is 0.567. The minimum atomic E-state index is 0.567. The van der Waals surface area contributed by atoms with Gasteiger partial charge in [0.1, 0.15) is 5.69 Å². The fourth-order valence-corrected chi connectivity index (χ4v) is 2.60. The van der Waals surface area contributed by atoms with Gasteiger partial charge in [0.15, 0.2) is 6.29 Å². The molecule has 0 amide bonds. The van der Waals surface area contributed by atoms with Crippen LogP contribution in [0.2, 0.25) is 0 Å². The molecule has 1 atom stereocenters. The van der Waals surface area contributed by atoms with Gasteiger partial charge in [0.2, 0.25) is 0 Å². The molecule has 88 valence electrons. The molecule has 4 nitrogen and oxygen atoms in total. The van der Waals surface area contributed by atoms with E-state index in [1.165, 1.54) is 0 Å². The smallest absolute Gasteiger partial charge is 0.170 e. The lowest BCUT2D eigenvalue weighted by Gasteiger charge is -2.33. The standard InChI is InChI=1S/C12H19N3O/c1-3-14(4-2)10-5-6-15-9-13-11(8-16)12(15)7-10/h8-10H,3-7H2,1-2H3. The highest BCUT2D eigenvalue weighted by Gasteiger charge is 2.24. The Morgan fingerprint density at radius 2 is 2.31 bits per heavy atom. The number of hydrogen-bond acceptors (Lipinski definition) is 3. The van der Waals surface area contributed by atoms with Gasteiger partial charge in [-0.05, 0) is 19.5 Å². The number of imidazole rings is 1. The lowest BCUT2D eigenvalue weighted by molar-refractivity contribution is 0.111. The Bertz CT molecular complexity index is 368. The highest BCUT2D eigenvalue weighted by Crippen LogP contribution is 2.21. The van der Waals surface area contributed by atoms with Crippen LogP contribution in [0.3, 0.4) is 0 Å². The SMILES string of the molecule is CCN(CC)C1CCn2cnc(C=O)c2C1. The maximum absolute atomic E-state index is 10.9. The second-order valence-corrected chi connectivity index (χ2v) is 4.26. The largest absolute Gasteiger partial charge is 0.334 e. The highest BCUT2D eigenvalue weighted by molar-refractivity contribution is 5.73. The first kappa shape index (κ1) is 11.3. The lowest BCUT2D eigenvalue weighted by atomic mass is 10.0. The van der Waals surface area contributed by atoms with Crippen LogP contribution < -0.4 is 0 Å². The van der Waals surface area contributed by atoms with Gasteiger partial charge >= 0.3 is 0 Å². The van der Waals surface area contributed by atoms with Crippen LogP contribution in [0.4, 0.5) is 0 Å². The van der Waals surface area contributed by atoms with Crippen molar-refractivity contribution >= 4 is 6.29 Å². The van der Waals surface area contributed by atoms with Crippen molar-refractivity contribution in [3.8, 4) is 0 Å². The molecule has 2 heterocycles. The van der Waals surface area contributed by atoms with Crippen LogP contribution in [0.1, 0.15) is 36.5 Å². The predicted molar refractivity (Wildman–Crippen MR) is 62.6 cm³/mol. The van der Waals surface area contributed by atoms with Crippen molar-refractivity contribution < 1.29 is 4.79 Å². The number of carbonyl (C=O) groups excluding carboxylic acids is 1. The van der Waals surface area contributed by atoms with Crippen LogP contribution in [0.5, 0.6) is 0 Å². The fourth-order valence-electron chi connectivity index (χ4n) is 2.60. The van der Waals surface area contributed by atoms with Crippen molar-refractivity contribution in [1.29, 1.82) is 0 Å². The summed E-state index contributed by atoms with van der Waals surface area (Å²) in [4.78, 5) is 17.5. The van der Waals surface area contributed by atoms with Gasteiger partial charge in [-0.1, -0.05) is 13.8 Å². The van der Waals surface area contributed by atoms with E-state index in [1.807, 2.05) is 0 Å². The molecule has 0 aromatic carbocycles. The van der Waals surface area contributed by atoms with Crippen LogP contribution in [-0.4, -0.2) is 39.9 Å². The van der Waals surface area contributed by atoms with Crippen molar-refractivity contribution in [2.45, 2.75) is 39.3 Å². The number of carbonyl (C=O) groups is 1. The lowest BCUT2D eigenvalue weighted by Crippen LogP contribution is -2.40. The number of fused-ring (bicyclic) bond motifs is 1. The molecule has 1 aromatic rings. The van der Waals surface area contributed by atoms with E-state index in [-0.39, 0.29) is 0 Å². The summed E-state index contributed by atoms with van der Waals surface area (Å²) in [6, 6.07) is 0.567. The van der Waals surface area contributed by atoms with Crippen LogP contribution in [-0.2, 0) is 13.0 Å². The number of rotatable bonds is 4. The van der Waals surface area contributed by atoms with Crippen LogP contribution in [0, 0.1) is 0 Å². The third-order valence-corrected chi connectivity index (χ3v) is 3.55. The van der Waals surface area contributed by atoms with Crippen LogP contribution in [0.25, 0.3) is 0 Å². The second-order valence-electron chi connectivity index (χ2n) is 4.26. The number of aldehydes is 1. The van der Waals surface area contributed by atoms with E-state index < -0.39 is 0 Å². The van der Waals surface area contributed by atoms with E-state index in [4.69, 9.17) is 0 Å². The first-order chi connectivity index (χ1) is 7.80. The first-order valence-corrected chi connectivity index (χ1v) is 6.03. The molecule has 0 fully saturated rings. The van der Waals surface area contributed by atoms with E-state index in [1.54, 1.807) is 6.33 Å². The molecule has 1 unspecified atom stereocenters. The maximum atomic E-state index is 10.9. The Labute approximate surface area is 96.3 Å². The monoisotopic (exact) mass is 221 g/mol. The normalized spacial score (nSPS) is 19.8. The van der Waals surface area contributed by atoms with Crippen molar-refractivity contribution in [2.24, 2.45) is 0 Å². The molecule has 0 saturated heterocycles. The molecule has 0 N–H and O–H groups in total. The Balaban J connectivity index is 2.18. The van der Waals surface area contributed by atoms with Gasteiger partial charge < -0.3 is 9.47 Å². The summed E-state index contributed by atoms with van der Waals surface area (Å²) in [5.41, 5.74) is 1.73. The van der Waals surface area contributed by atoms with E-state index in [2.05, 4.69) is 28.3 Å². The number of hydrogen-bond donors (Lipinski definition) is 0. The Morgan fingerprint density at radius 3 is 2.94 bits per heavy atom. The first-order valence-electron chi connectivity index (χ1n) is 6.03. The van der Waals surface area contributed by atoms with E-state index in [0.29, 0.717) is 11.7 Å². The fraction of sp³-hybridized carbons (Fsp3) is 0.667. The summed E-state index contributed by atoms with van der Waals surface area (Å²) in [7, 11) is 0. The predicted octanol–water partition coefficient (Wildman–Crippen LogP) is 1.35. The summed E-state index contributed by atoms with van der Waals surface area (Å²) >= 11 is 0. The molecule has 0 aliphatic carbocycles. The zero-order chi connectivity index (χ0) is 11.5. The minimum Gasteiger partial charge on any atom is -0.334 e. The molecule has 0 spiro atoms. The quantitative estimate of drug-likeness (QED) is 0.720. The summed E-state index contributed by atoms with van der Waals surface area (Å²) in [5, 5.41) is 0. The number of aryl methyl sites for hydroxylation is 1. The third-order valence-electron chi connectivity index (χ3n) is 3.55. The maximum Gasteiger partial charge on any atom is 0.170 e. The summed E-state index contributed by atoms with van der Waals surface area (Å²) < 4.78 is 2.11. The van der Waals surface area contributed by atoms with E-state index >= 15 is 0 Å². The van der Waals surface area contributed by atoms with Crippen LogP contribution >= 0.6 is 0 Å². The molecule has 0 saturated carbocycles. The molecule has 1 aliphatic heterocycles. The van der Waals surface area contributed by atoms with Crippen molar-refractivity contribution in [2.75, 3.05) is 13.1 Å². The average Bonchev–Trinajstić information content (AvgIpc) is 2.73. The molecule has 4 heteroatoms. The van der Waals surface area contributed by atoms with Gasteiger partial charge in [-0.3, -0.25) is 4.79 Å². The van der Waals surface area contributed by atoms with Gasteiger partial charge in [-0.2, -0.15) is 0 Å². The van der Waals surface area contributed by atoms with Gasteiger partial charge in [0, 0.05) is 24.7 Å². The molecule has 16 heavy (non-hydrogen) atoms. The van der Waals surface area contributed by atoms with Crippen LogP contribution in [0.15, 0.2) is 6.33 Å². The van der Waals surface area contributed by atoms with Crippen molar-refractivity contribution in [1.82, 2.24) is 14.5 Å². The Hall–Kier alpha value is -1.16. The highest BCUT2D eigenvalue weighted by atomic mass is 16.1. The van der Waals surface area contributed by atoms with Crippen molar-refractivity contribution in [3.05, 3.63) is 17.7 Å². The topological polar surface area (TPSA) is 38.1 Å². The average molecular weight is 221 g/mol. The molecule has 1 aromatic heterocycles. The van der Waals surface area contributed by atoms with E-state index in [0.717, 1.165) is 44.5 Å². The number of likely N-dealkylation sites (N-methyl/N-ethyl adjacent to an activating group) is 1. The number of nitrogens with zero attached hydrogens (tertiary/aromatic N) is 3. The Morgan fingerprint density at radius 1 is 1.56 bits per heavy atom. The zero-order valence-corrected chi connectivity index (χ0v) is 10.0. The van der Waals surface area contributed by atoms with Gasteiger partial charge in [-0.25, -0.2) is 4.98 Å². The van der Waals surface area contributed by atoms with Gasteiger partial charge in [0.05, 0.1) is 6.33 Å². The molecular weight excluding hydrogens is 202 g/mol. The zero-order valence-electron chi connectivity index (χ0n) is 10.0. The van der Waals surface area contributed by atoms with Gasteiger partial charge in [-0.15, -0.1) is 0 Å². The Kier molecular flexibility index (Phi) is 3.39. The molecule has 1 aliphatic rings. The summed E-state index contributed by atoms with van der Waals surface area (Å²) in [5.74, 6) is 0.